The van der Waals surface area contributed by atoms with Crippen molar-refractivity contribution in [2.24, 2.45) is 12.5 Å². The average molecular weight is 326 g/mol. The lowest BCUT2D eigenvalue weighted by molar-refractivity contribution is 0.357. The summed E-state index contributed by atoms with van der Waals surface area (Å²) in [7, 11) is 1.90. The van der Waals surface area contributed by atoms with Gasteiger partial charge in [0.25, 0.3) is 0 Å². The molecule has 0 aliphatic rings. The van der Waals surface area contributed by atoms with Gasteiger partial charge in [0.1, 0.15) is 0 Å². The van der Waals surface area contributed by atoms with Crippen molar-refractivity contribution in [1.82, 2.24) is 25.0 Å². The smallest absolute Gasteiger partial charge is 0.315 e. The molecule has 0 radical (unpaired) electrons. The third kappa shape index (κ3) is 3.98. The first kappa shape index (κ1) is 16.2. The molecule has 0 amide bonds. The van der Waals surface area contributed by atoms with Crippen LogP contribution in [0.4, 0.5) is 6.01 Å². The molecule has 0 bridgehead atoms. The highest BCUT2D eigenvalue weighted by atomic mass is 16.4. The van der Waals surface area contributed by atoms with Gasteiger partial charge in [-0.1, -0.05) is 25.9 Å². The van der Waals surface area contributed by atoms with E-state index >= 15 is 0 Å². The normalized spacial score (nSPS) is 11.7. The predicted octanol–water partition coefficient (Wildman–Crippen LogP) is 3.07. The van der Waals surface area contributed by atoms with Gasteiger partial charge in [0, 0.05) is 49.7 Å². The fraction of sp³-hybridized carbons (Fsp3) is 0.412. The first-order valence-corrected chi connectivity index (χ1v) is 7.90. The van der Waals surface area contributed by atoms with Crippen LogP contribution in [0, 0.1) is 5.41 Å². The summed E-state index contributed by atoms with van der Waals surface area (Å²) in [5.41, 5.74) is 3.03. The van der Waals surface area contributed by atoms with E-state index in [9.17, 15) is 0 Å². The van der Waals surface area contributed by atoms with E-state index in [1.165, 1.54) is 0 Å². The Morgan fingerprint density at radius 3 is 2.79 bits per heavy atom. The van der Waals surface area contributed by atoms with Crippen LogP contribution in [0.5, 0.6) is 0 Å². The second kappa shape index (κ2) is 6.43. The van der Waals surface area contributed by atoms with Gasteiger partial charge in [0.15, 0.2) is 0 Å². The molecular formula is C17H22N6O. The molecule has 24 heavy (non-hydrogen) atoms. The zero-order chi connectivity index (χ0) is 17.2. The van der Waals surface area contributed by atoms with Gasteiger partial charge >= 0.3 is 6.01 Å². The van der Waals surface area contributed by atoms with Crippen LogP contribution >= 0.6 is 0 Å². The number of pyridine rings is 1. The standard InChI is InChI=1S/C17H22N6O/c1-17(2,3)8-14-20-21-16(24-14)19-10-13-11-23(4)22-15(13)12-6-5-7-18-9-12/h5-7,9,11H,8,10H2,1-4H3,(H,19,21). The lowest BCUT2D eigenvalue weighted by Gasteiger charge is -2.14. The van der Waals surface area contributed by atoms with Gasteiger partial charge in [-0.3, -0.25) is 9.67 Å². The van der Waals surface area contributed by atoms with Crippen LogP contribution in [-0.2, 0) is 20.0 Å². The highest BCUT2D eigenvalue weighted by Crippen LogP contribution is 2.23. The number of nitrogens with zero attached hydrogens (tertiary/aromatic N) is 5. The molecule has 0 saturated heterocycles. The Morgan fingerprint density at radius 1 is 1.25 bits per heavy atom. The van der Waals surface area contributed by atoms with Crippen molar-refractivity contribution < 1.29 is 4.42 Å². The fourth-order valence-electron chi connectivity index (χ4n) is 2.43. The zero-order valence-electron chi connectivity index (χ0n) is 14.4. The maximum atomic E-state index is 5.66. The molecule has 3 aromatic rings. The first-order valence-electron chi connectivity index (χ1n) is 7.90. The van der Waals surface area contributed by atoms with Gasteiger partial charge < -0.3 is 9.73 Å². The molecule has 0 atom stereocenters. The van der Waals surface area contributed by atoms with Gasteiger partial charge in [0.2, 0.25) is 5.89 Å². The predicted molar refractivity (Wildman–Crippen MR) is 91.2 cm³/mol. The van der Waals surface area contributed by atoms with E-state index in [0.29, 0.717) is 18.5 Å². The Labute approximate surface area is 141 Å². The summed E-state index contributed by atoms with van der Waals surface area (Å²) < 4.78 is 7.45. The topological polar surface area (TPSA) is 81.7 Å². The summed E-state index contributed by atoms with van der Waals surface area (Å²) >= 11 is 0. The number of anilines is 1. The Morgan fingerprint density at radius 2 is 2.08 bits per heavy atom. The molecule has 0 unspecified atom stereocenters. The van der Waals surface area contributed by atoms with Crippen LogP contribution in [0.15, 0.2) is 35.1 Å². The molecule has 1 N–H and O–H groups in total. The molecule has 7 nitrogen and oxygen atoms in total. The van der Waals surface area contributed by atoms with Crippen molar-refractivity contribution >= 4 is 6.01 Å². The van der Waals surface area contributed by atoms with E-state index in [-0.39, 0.29) is 5.41 Å². The molecule has 0 fully saturated rings. The fourth-order valence-corrected chi connectivity index (χ4v) is 2.43. The first-order chi connectivity index (χ1) is 11.4. The minimum Gasteiger partial charge on any atom is -0.408 e. The Balaban J connectivity index is 1.72. The van der Waals surface area contributed by atoms with Gasteiger partial charge in [-0.2, -0.15) is 5.10 Å². The minimum atomic E-state index is 0.112. The number of aryl methyl sites for hydroxylation is 1. The Bertz CT molecular complexity index is 800. The maximum absolute atomic E-state index is 5.66. The maximum Gasteiger partial charge on any atom is 0.315 e. The van der Waals surface area contributed by atoms with Gasteiger partial charge in [-0.05, 0) is 17.5 Å². The van der Waals surface area contributed by atoms with Crippen LogP contribution in [0.3, 0.4) is 0 Å². The van der Waals surface area contributed by atoms with Crippen LogP contribution in [0.1, 0.15) is 32.2 Å². The van der Waals surface area contributed by atoms with E-state index in [2.05, 4.69) is 46.4 Å². The number of hydrogen-bond acceptors (Lipinski definition) is 6. The van der Waals surface area contributed by atoms with E-state index in [1.807, 2.05) is 25.4 Å². The zero-order valence-corrected chi connectivity index (χ0v) is 14.4. The number of rotatable bonds is 5. The quantitative estimate of drug-likeness (QED) is 0.776. The molecular weight excluding hydrogens is 304 g/mol. The van der Waals surface area contributed by atoms with Crippen LogP contribution in [0.2, 0.25) is 0 Å². The highest BCUT2D eigenvalue weighted by molar-refractivity contribution is 5.61. The molecule has 3 rings (SSSR count). The second-order valence-electron chi connectivity index (χ2n) is 7.01. The van der Waals surface area contributed by atoms with Crippen molar-refractivity contribution in [3.63, 3.8) is 0 Å². The third-order valence-electron chi connectivity index (χ3n) is 3.42. The van der Waals surface area contributed by atoms with Crippen molar-refractivity contribution in [1.29, 1.82) is 0 Å². The molecule has 3 aromatic heterocycles. The monoisotopic (exact) mass is 326 g/mol. The van der Waals surface area contributed by atoms with Gasteiger partial charge in [-0.25, -0.2) is 0 Å². The number of nitrogens with one attached hydrogen (secondary N) is 1. The molecule has 0 aliphatic heterocycles. The molecule has 3 heterocycles. The third-order valence-corrected chi connectivity index (χ3v) is 3.42. The van der Waals surface area contributed by atoms with Crippen LogP contribution in [0.25, 0.3) is 11.3 Å². The van der Waals surface area contributed by atoms with E-state index in [4.69, 9.17) is 4.42 Å². The van der Waals surface area contributed by atoms with Crippen molar-refractivity contribution in [2.75, 3.05) is 5.32 Å². The molecule has 0 saturated carbocycles. The number of aromatic nitrogens is 5. The van der Waals surface area contributed by atoms with E-state index in [0.717, 1.165) is 23.2 Å². The summed E-state index contributed by atoms with van der Waals surface area (Å²) in [5.74, 6) is 0.642. The van der Waals surface area contributed by atoms with Gasteiger partial charge in [-0.15, -0.1) is 5.10 Å². The van der Waals surface area contributed by atoms with E-state index in [1.54, 1.807) is 17.1 Å². The summed E-state index contributed by atoms with van der Waals surface area (Å²) in [6, 6.07) is 4.32. The van der Waals surface area contributed by atoms with Crippen molar-refractivity contribution in [3.8, 4) is 11.3 Å². The van der Waals surface area contributed by atoms with Crippen molar-refractivity contribution in [3.05, 3.63) is 42.2 Å². The SMILES string of the molecule is Cn1cc(CNc2nnc(CC(C)(C)C)o2)c(-c2cccnc2)n1. The summed E-state index contributed by atoms with van der Waals surface area (Å²) in [6.07, 6.45) is 6.27. The summed E-state index contributed by atoms with van der Waals surface area (Å²) in [4.78, 5) is 4.16. The molecule has 0 aliphatic carbocycles. The summed E-state index contributed by atoms with van der Waals surface area (Å²) in [5, 5.41) is 15.8. The molecule has 0 spiro atoms. The van der Waals surface area contributed by atoms with Crippen molar-refractivity contribution in [2.45, 2.75) is 33.7 Å². The Hall–Kier alpha value is -2.70. The van der Waals surface area contributed by atoms with E-state index < -0.39 is 0 Å². The van der Waals surface area contributed by atoms with Gasteiger partial charge in [0.05, 0.1) is 5.69 Å². The Kier molecular flexibility index (Phi) is 4.33. The average Bonchev–Trinajstić information content (AvgIpc) is 3.10. The lowest BCUT2D eigenvalue weighted by Crippen LogP contribution is -2.09. The van der Waals surface area contributed by atoms with Crippen LogP contribution < -0.4 is 5.32 Å². The molecule has 0 aromatic carbocycles. The molecule has 126 valence electrons. The lowest BCUT2D eigenvalue weighted by atomic mass is 9.92. The highest BCUT2D eigenvalue weighted by Gasteiger charge is 2.17. The number of hydrogen-bond donors (Lipinski definition) is 1. The second-order valence-corrected chi connectivity index (χ2v) is 7.01. The minimum absolute atomic E-state index is 0.112. The summed E-state index contributed by atoms with van der Waals surface area (Å²) in [6.45, 7) is 6.97. The largest absolute Gasteiger partial charge is 0.408 e. The van der Waals surface area contributed by atoms with Crippen LogP contribution in [-0.4, -0.2) is 25.0 Å². The molecule has 7 heteroatoms.